The minimum absolute atomic E-state index is 0.360. The van der Waals surface area contributed by atoms with Gasteiger partial charge in [0.1, 0.15) is 18.0 Å². The number of nitrogens with one attached hydrogen (secondary N) is 1. The maximum atomic E-state index is 9.71. The van der Waals surface area contributed by atoms with Gasteiger partial charge in [-0.15, -0.1) is 0 Å². The molecule has 1 aliphatic rings. The first kappa shape index (κ1) is 11.1. The molecule has 1 atom stereocenters. The number of aliphatic hydroxyl groups is 1. The second-order valence-corrected chi connectivity index (χ2v) is 3.91. The van der Waals surface area contributed by atoms with Crippen molar-refractivity contribution in [3.05, 3.63) is 11.9 Å². The van der Waals surface area contributed by atoms with Crippen LogP contribution >= 0.6 is 0 Å². The summed E-state index contributed by atoms with van der Waals surface area (Å²) in [6.45, 7) is 5.26. The Morgan fingerprint density at radius 1 is 1.44 bits per heavy atom. The van der Waals surface area contributed by atoms with Crippen molar-refractivity contribution in [2.24, 2.45) is 0 Å². The Morgan fingerprint density at radius 2 is 2.12 bits per heavy atom. The molecule has 1 saturated heterocycles. The highest BCUT2D eigenvalue weighted by molar-refractivity contribution is 5.57. The van der Waals surface area contributed by atoms with Crippen LogP contribution in [-0.2, 0) is 0 Å². The Bertz CT molecular complexity index is 362. The number of hydrogen-bond acceptors (Lipinski definition) is 6. The first-order chi connectivity index (χ1) is 7.70. The van der Waals surface area contributed by atoms with E-state index >= 15 is 0 Å². The highest BCUT2D eigenvalue weighted by Gasteiger charge is 2.20. The van der Waals surface area contributed by atoms with Crippen LogP contribution in [0, 0.1) is 0 Å². The fourth-order valence-electron chi connectivity index (χ4n) is 1.93. The van der Waals surface area contributed by atoms with Crippen molar-refractivity contribution in [2.75, 3.05) is 36.8 Å². The van der Waals surface area contributed by atoms with Gasteiger partial charge in [-0.05, 0) is 6.92 Å². The second-order valence-electron chi connectivity index (χ2n) is 3.91. The summed E-state index contributed by atoms with van der Waals surface area (Å²) in [6, 6.07) is 0. The van der Waals surface area contributed by atoms with E-state index in [4.69, 9.17) is 5.73 Å². The molecule has 0 saturated carbocycles. The van der Waals surface area contributed by atoms with Gasteiger partial charge in [-0.2, -0.15) is 0 Å². The van der Waals surface area contributed by atoms with E-state index in [1.54, 1.807) is 6.92 Å². The van der Waals surface area contributed by atoms with Crippen LogP contribution in [0.25, 0.3) is 0 Å². The van der Waals surface area contributed by atoms with E-state index in [1.807, 2.05) is 0 Å². The third-order valence-electron chi connectivity index (χ3n) is 2.73. The first-order valence-electron chi connectivity index (χ1n) is 5.44. The van der Waals surface area contributed by atoms with E-state index in [9.17, 15) is 5.11 Å². The molecule has 1 aromatic rings. The molecule has 2 heterocycles. The van der Waals surface area contributed by atoms with Gasteiger partial charge in [-0.25, -0.2) is 9.97 Å². The van der Waals surface area contributed by atoms with Gasteiger partial charge in [0.2, 0.25) is 0 Å². The number of nitrogens with two attached hydrogens (primary N) is 1. The lowest BCUT2D eigenvalue weighted by molar-refractivity contribution is 0.199. The summed E-state index contributed by atoms with van der Waals surface area (Å²) < 4.78 is 0. The number of nitrogen functional groups attached to an aromatic ring is 1. The fourth-order valence-corrected chi connectivity index (χ4v) is 1.93. The number of anilines is 2. The Balaban J connectivity index is 2.34. The van der Waals surface area contributed by atoms with Gasteiger partial charge < -0.3 is 21.1 Å². The van der Waals surface area contributed by atoms with Gasteiger partial charge in [-0.3, -0.25) is 0 Å². The van der Waals surface area contributed by atoms with Crippen molar-refractivity contribution in [1.29, 1.82) is 0 Å². The summed E-state index contributed by atoms with van der Waals surface area (Å²) >= 11 is 0. The van der Waals surface area contributed by atoms with Crippen LogP contribution in [0.2, 0.25) is 0 Å². The Kier molecular flexibility index (Phi) is 3.21. The highest BCUT2D eigenvalue weighted by Crippen LogP contribution is 2.27. The quantitative estimate of drug-likeness (QED) is 0.628. The zero-order chi connectivity index (χ0) is 11.5. The molecule has 0 spiro atoms. The summed E-state index contributed by atoms with van der Waals surface area (Å²) in [5.74, 6) is 1.11. The van der Waals surface area contributed by atoms with E-state index in [0.717, 1.165) is 32.0 Å². The molecule has 0 aliphatic carbocycles. The van der Waals surface area contributed by atoms with Gasteiger partial charge in [0.15, 0.2) is 0 Å². The van der Waals surface area contributed by atoms with Gasteiger partial charge >= 0.3 is 0 Å². The molecule has 0 aromatic carbocycles. The van der Waals surface area contributed by atoms with Crippen LogP contribution in [0.1, 0.15) is 18.6 Å². The van der Waals surface area contributed by atoms with E-state index in [0.29, 0.717) is 11.4 Å². The average Bonchev–Trinajstić information content (AvgIpc) is 2.29. The smallest absolute Gasteiger partial charge is 0.140 e. The molecule has 1 aliphatic heterocycles. The SMILES string of the molecule is CC(O)c1c(N)ncnc1N1CCNCC1. The van der Waals surface area contributed by atoms with E-state index in [2.05, 4.69) is 20.2 Å². The Labute approximate surface area is 94.5 Å². The van der Waals surface area contributed by atoms with Crippen molar-refractivity contribution in [1.82, 2.24) is 15.3 Å². The van der Waals surface area contributed by atoms with Crippen molar-refractivity contribution in [2.45, 2.75) is 13.0 Å². The van der Waals surface area contributed by atoms with Crippen molar-refractivity contribution in [3.63, 3.8) is 0 Å². The van der Waals surface area contributed by atoms with Crippen molar-refractivity contribution >= 4 is 11.6 Å². The number of aromatic nitrogens is 2. The molecule has 1 unspecified atom stereocenters. The summed E-state index contributed by atoms with van der Waals surface area (Å²) in [5.41, 5.74) is 6.40. The molecule has 88 valence electrons. The molecule has 1 fully saturated rings. The van der Waals surface area contributed by atoms with E-state index < -0.39 is 6.10 Å². The van der Waals surface area contributed by atoms with Crippen LogP contribution in [-0.4, -0.2) is 41.3 Å². The van der Waals surface area contributed by atoms with Crippen molar-refractivity contribution in [3.8, 4) is 0 Å². The second kappa shape index (κ2) is 4.63. The van der Waals surface area contributed by atoms with Gasteiger partial charge in [0.05, 0.1) is 11.7 Å². The average molecular weight is 223 g/mol. The number of hydrogen-bond donors (Lipinski definition) is 3. The molecule has 0 bridgehead atoms. The fraction of sp³-hybridized carbons (Fsp3) is 0.600. The number of piperazine rings is 1. The largest absolute Gasteiger partial charge is 0.388 e. The monoisotopic (exact) mass is 223 g/mol. The standard InChI is InChI=1S/C10H17N5O/c1-7(16)8-9(11)13-6-14-10(8)15-4-2-12-3-5-15/h6-7,12,16H,2-5H2,1H3,(H2,11,13,14). The summed E-state index contributed by atoms with van der Waals surface area (Å²) in [6.07, 6.45) is 0.796. The molecule has 0 amide bonds. The molecule has 16 heavy (non-hydrogen) atoms. The molecular formula is C10H17N5O. The predicted molar refractivity (Wildman–Crippen MR) is 62.2 cm³/mol. The van der Waals surface area contributed by atoms with E-state index in [-0.39, 0.29) is 0 Å². The molecule has 4 N–H and O–H groups in total. The topological polar surface area (TPSA) is 87.3 Å². The maximum Gasteiger partial charge on any atom is 0.140 e. The van der Waals surface area contributed by atoms with Crippen LogP contribution < -0.4 is 16.0 Å². The molecule has 1 aromatic heterocycles. The zero-order valence-electron chi connectivity index (χ0n) is 9.35. The highest BCUT2D eigenvalue weighted by atomic mass is 16.3. The number of aliphatic hydroxyl groups excluding tert-OH is 1. The van der Waals surface area contributed by atoms with Crippen LogP contribution in [0.15, 0.2) is 6.33 Å². The van der Waals surface area contributed by atoms with Gasteiger partial charge in [-0.1, -0.05) is 0 Å². The molecule has 6 heteroatoms. The lowest BCUT2D eigenvalue weighted by atomic mass is 10.1. The predicted octanol–water partition coefficient (Wildman–Crippen LogP) is -0.478. The Hall–Kier alpha value is -1.40. The number of rotatable bonds is 2. The van der Waals surface area contributed by atoms with Crippen molar-refractivity contribution < 1.29 is 5.11 Å². The third-order valence-corrected chi connectivity index (χ3v) is 2.73. The first-order valence-corrected chi connectivity index (χ1v) is 5.44. The Morgan fingerprint density at radius 3 is 2.75 bits per heavy atom. The normalized spacial score (nSPS) is 18.5. The van der Waals surface area contributed by atoms with Crippen LogP contribution in [0.3, 0.4) is 0 Å². The molecule has 6 nitrogen and oxygen atoms in total. The molecular weight excluding hydrogens is 206 g/mol. The molecule has 2 rings (SSSR count). The van der Waals surface area contributed by atoms with Crippen LogP contribution in [0.5, 0.6) is 0 Å². The summed E-state index contributed by atoms with van der Waals surface area (Å²) in [4.78, 5) is 10.3. The summed E-state index contributed by atoms with van der Waals surface area (Å²) in [7, 11) is 0. The number of nitrogens with zero attached hydrogens (tertiary/aromatic N) is 3. The maximum absolute atomic E-state index is 9.71. The van der Waals surface area contributed by atoms with E-state index in [1.165, 1.54) is 6.33 Å². The minimum Gasteiger partial charge on any atom is -0.388 e. The third kappa shape index (κ3) is 2.07. The minimum atomic E-state index is -0.647. The van der Waals surface area contributed by atoms with Crippen LogP contribution in [0.4, 0.5) is 11.6 Å². The summed E-state index contributed by atoms with van der Waals surface area (Å²) in [5, 5.41) is 13.0. The van der Waals surface area contributed by atoms with Gasteiger partial charge in [0.25, 0.3) is 0 Å². The lowest BCUT2D eigenvalue weighted by Crippen LogP contribution is -2.44. The van der Waals surface area contributed by atoms with Gasteiger partial charge in [0, 0.05) is 26.2 Å². The lowest BCUT2D eigenvalue weighted by Gasteiger charge is -2.30. The zero-order valence-corrected chi connectivity index (χ0v) is 9.35. The molecule has 0 radical (unpaired) electrons.